The van der Waals surface area contributed by atoms with Crippen LogP contribution >= 0.6 is 0 Å². The summed E-state index contributed by atoms with van der Waals surface area (Å²) in [5, 5.41) is 14.9. The Labute approximate surface area is 171 Å². The number of nitriles is 1. The molecule has 2 amide bonds. The predicted octanol–water partition coefficient (Wildman–Crippen LogP) is 2.91. The van der Waals surface area contributed by atoms with Crippen LogP contribution in [0.1, 0.15) is 30.9 Å². The summed E-state index contributed by atoms with van der Waals surface area (Å²) in [6.45, 7) is 3.83. The van der Waals surface area contributed by atoms with Gasteiger partial charge in [0.2, 0.25) is 11.8 Å². The van der Waals surface area contributed by atoms with Crippen molar-refractivity contribution in [2.24, 2.45) is 5.92 Å². The van der Waals surface area contributed by atoms with E-state index in [0.717, 1.165) is 18.4 Å². The number of piperidine rings is 1. The van der Waals surface area contributed by atoms with Gasteiger partial charge in [0, 0.05) is 18.2 Å². The van der Waals surface area contributed by atoms with Crippen molar-refractivity contribution in [1.29, 1.82) is 5.26 Å². The summed E-state index contributed by atoms with van der Waals surface area (Å²) in [4.78, 5) is 27.1. The zero-order chi connectivity index (χ0) is 20.6. The van der Waals surface area contributed by atoms with E-state index in [-0.39, 0.29) is 23.8 Å². The van der Waals surface area contributed by atoms with E-state index >= 15 is 0 Å². The van der Waals surface area contributed by atoms with E-state index < -0.39 is 0 Å². The highest BCUT2D eigenvalue weighted by atomic mass is 16.2. The first kappa shape index (κ1) is 20.6. The van der Waals surface area contributed by atoms with Crippen LogP contribution in [0.4, 0.5) is 5.69 Å². The lowest BCUT2D eigenvalue weighted by Crippen LogP contribution is -2.48. The second kappa shape index (κ2) is 9.85. The maximum absolute atomic E-state index is 12.6. The minimum atomic E-state index is -0.297. The van der Waals surface area contributed by atoms with Gasteiger partial charge in [0.15, 0.2) is 0 Å². The van der Waals surface area contributed by atoms with E-state index in [1.165, 1.54) is 0 Å². The standard InChI is InChI=1S/C23H26N4O2/c1-17(22(28)26-21-9-5-8-19(14-21)15-24)27-12-10-20(11-13-27)23(29)25-16-18-6-3-2-4-7-18/h2-9,14,17,20H,10-13,16H2,1H3,(H,25,29)(H,26,28)/t17-/m0/s1. The monoisotopic (exact) mass is 390 g/mol. The molecule has 1 heterocycles. The molecule has 1 aliphatic heterocycles. The largest absolute Gasteiger partial charge is 0.352 e. The van der Waals surface area contributed by atoms with Crippen molar-refractivity contribution in [3.8, 4) is 6.07 Å². The van der Waals surface area contributed by atoms with E-state index in [4.69, 9.17) is 5.26 Å². The Kier molecular flexibility index (Phi) is 6.99. The number of nitrogens with zero attached hydrogens (tertiary/aromatic N) is 2. The molecule has 0 radical (unpaired) electrons. The number of nitrogens with one attached hydrogen (secondary N) is 2. The van der Waals surface area contributed by atoms with Crippen LogP contribution < -0.4 is 10.6 Å². The van der Waals surface area contributed by atoms with Crippen LogP contribution in [0.3, 0.4) is 0 Å². The molecule has 150 valence electrons. The van der Waals surface area contributed by atoms with E-state index in [1.807, 2.05) is 37.3 Å². The van der Waals surface area contributed by atoms with Gasteiger partial charge in [0.25, 0.3) is 0 Å². The van der Waals surface area contributed by atoms with E-state index in [9.17, 15) is 9.59 Å². The molecule has 0 saturated carbocycles. The summed E-state index contributed by atoms with van der Waals surface area (Å²) in [5.41, 5.74) is 2.22. The van der Waals surface area contributed by atoms with Crippen molar-refractivity contribution < 1.29 is 9.59 Å². The first-order valence-electron chi connectivity index (χ1n) is 9.93. The fraction of sp³-hybridized carbons (Fsp3) is 0.348. The molecular formula is C23H26N4O2. The molecule has 6 nitrogen and oxygen atoms in total. The first-order chi connectivity index (χ1) is 14.1. The van der Waals surface area contributed by atoms with Crippen molar-refractivity contribution in [2.75, 3.05) is 18.4 Å². The third kappa shape index (κ3) is 5.66. The molecule has 3 rings (SSSR count). The van der Waals surface area contributed by atoms with Gasteiger partial charge in [0.1, 0.15) is 0 Å². The second-order valence-corrected chi connectivity index (χ2v) is 7.37. The summed E-state index contributed by atoms with van der Waals surface area (Å²) in [7, 11) is 0. The summed E-state index contributed by atoms with van der Waals surface area (Å²) in [6, 6.07) is 18.5. The van der Waals surface area contributed by atoms with Crippen molar-refractivity contribution in [3.63, 3.8) is 0 Å². The maximum atomic E-state index is 12.6. The molecule has 0 unspecified atom stereocenters. The van der Waals surface area contributed by atoms with Crippen molar-refractivity contribution >= 4 is 17.5 Å². The lowest BCUT2D eigenvalue weighted by Gasteiger charge is -2.34. The molecule has 2 aromatic rings. The zero-order valence-corrected chi connectivity index (χ0v) is 16.6. The summed E-state index contributed by atoms with van der Waals surface area (Å²) in [5.74, 6) is -0.0384. The number of rotatable bonds is 6. The highest BCUT2D eigenvalue weighted by Gasteiger charge is 2.29. The Hall–Kier alpha value is -3.17. The van der Waals surface area contributed by atoms with Gasteiger partial charge in [-0.05, 0) is 56.6 Å². The molecule has 29 heavy (non-hydrogen) atoms. The SMILES string of the molecule is C[C@@H](C(=O)Nc1cccc(C#N)c1)N1CCC(C(=O)NCc2ccccc2)CC1. The number of hydrogen-bond donors (Lipinski definition) is 2. The van der Waals surface area contributed by atoms with Gasteiger partial charge in [0.05, 0.1) is 17.7 Å². The van der Waals surface area contributed by atoms with Crippen molar-refractivity contribution in [1.82, 2.24) is 10.2 Å². The summed E-state index contributed by atoms with van der Waals surface area (Å²) >= 11 is 0. The molecule has 0 bridgehead atoms. The Bertz CT molecular complexity index is 883. The molecule has 1 atom stereocenters. The van der Waals surface area contributed by atoms with E-state index in [2.05, 4.69) is 21.6 Å². The van der Waals surface area contributed by atoms with Gasteiger partial charge in [-0.25, -0.2) is 0 Å². The molecule has 2 N–H and O–H groups in total. The molecule has 1 saturated heterocycles. The van der Waals surface area contributed by atoms with Gasteiger partial charge in [-0.3, -0.25) is 14.5 Å². The number of carbonyl (C=O) groups is 2. The normalized spacial score (nSPS) is 15.9. The van der Waals surface area contributed by atoms with E-state index in [1.54, 1.807) is 24.3 Å². The maximum Gasteiger partial charge on any atom is 0.241 e. The van der Waals surface area contributed by atoms with Crippen LogP contribution in [0.2, 0.25) is 0 Å². The molecule has 6 heteroatoms. The first-order valence-corrected chi connectivity index (χ1v) is 9.93. The predicted molar refractivity (Wildman–Crippen MR) is 112 cm³/mol. The summed E-state index contributed by atoms with van der Waals surface area (Å²) in [6.07, 6.45) is 1.48. The smallest absolute Gasteiger partial charge is 0.241 e. The van der Waals surface area contributed by atoms with Crippen LogP contribution in [0.15, 0.2) is 54.6 Å². The minimum Gasteiger partial charge on any atom is -0.352 e. The van der Waals surface area contributed by atoms with Crippen LogP contribution in [-0.2, 0) is 16.1 Å². The van der Waals surface area contributed by atoms with E-state index in [0.29, 0.717) is 30.9 Å². The lowest BCUT2D eigenvalue weighted by atomic mass is 9.94. The van der Waals surface area contributed by atoms with Crippen LogP contribution in [-0.4, -0.2) is 35.8 Å². The quantitative estimate of drug-likeness (QED) is 0.794. The van der Waals surface area contributed by atoms with Crippen molar-refractivity contribution in [2.45, 2.75) is 32.4 Å². The summed E-state index contributed by atoms with van der Waals surface area (Å²) < 4.78 is 0. The number of amides is 2. The van der Waals surface area contributed by atoms with Crippen LogP contribution in [0.5, 0.6) is 0 Å². The molecular weight excluding hydrogens is 364 g/mol. The van der Waals surface area contributed by atoms with Gasteiger partial charge >= 0.3 is 0 Å². The fourth-order valence-corrected chi connectivity index (χ4v) is 3.56. The molecule has 0 aromatic heterocycles. The third-order valence-corrected chi connectivity index (χ3v) is 5.40. The number of benzene rings is 2. The highest BCUT2D eigenvalue weighted by Crippen LogP contribution is 2.20. The molecule has 0 spiro atoms. The third-order valence-electron chi connectivity index (χ3n) is 5.40. The lowest BCUT2D eigenvalue weighted by molar-refractivity contribution is -0.127. The Morgan fingerprint density at radius 2 is 1.86 bits per heavy atom. The minimum absolute atomic E-state index is 0.0162. The van der Waals surface area contributed by atoms with Gasteiger partial charge < -0.3 is 10.6 Å². The van der Waals surface area contributed by atoms with Crippen molar-refractivity contribution in [3.05, 3.63) is 65.7 Å². The van der Waals surface area contributed by atoms with Gasteiger partial charge in [-0.2, -0.15) is 5.26 Å². The Balaban J connectivity index is 1.46. The topological polar surface area (TPSA) is 85.2 Å². The number of carbonyl (C=O) groups excluding carboxylic acids is 2. The van der Waals surface area contributed by atoms with Crippen LogP contribution in [0, 0.1) is 17.2 Å². The van der Waals surface area contributed by atoms with Gasteiger partial charge in [-0.15, -0.1) is 0 Å². The van der Waals surface area contributed by atoms with Crippen LogP contribution in [0.25, 0.3) is 0 Å². The average molecular weight is 390 g/mol. The Morgan fingerprint density at radius 3 is 2.55 bits per heavy atom. The number of hydrogen-bond acceptors (Lipinski definition) is 4. The molecule has 1 fully saturated rings. The number of anilines is 1. The molecule has 1 aliphatic rings. The Morgan fingerprint density at radius 1 is 1.14 bits per heavy atom. The number of likely N-dealkylation sites (tertiary alicyclic amines) is 1. The molecule has 0 aliphatic carbocycles. The fourth-order valence-electron chi connectivity index (χ4n) is 3.56. The van der Waals surface area contributed by atoms with Gasteiger partial charge in [-0.1, -0.05) is 36.4 Å². The second-order valence-electron chi connectivity index (χ2n) is 7.37. The highest BCUT2D eigenvalue weighted by molar-refractivity contribution is 5.94. The molecule has 2 aromatic carbocycles. The zero-order valence-electron chi connectivity index (χ0n) is 16.6. The average Bonchev–Trinajstić information content (AvgIpc) is 2.78.